The maximum absolute atomic E-state index is 12.8. The van der Waals surface area contributed by atoms with Gasteiger partial charge in [0.2, 0.25) is 17.0 Å². The third kappa shape index (κ3) is 4.09. The second-order valence-corrected chi connectivity index (χ2v) is 9.95. The summed E-state index contributed by atoms with van der Waals surface area (Å²) in [4.78, 5) is 26.8. The zero-order valence-corrected chi connectivity index (χ0v) is 20.6. The Hall–Kier alpha value is -3.27. The lowest BCUT2D eigenvalue weighted by Crippen LogP contribution is -2.36. The van der Waals surface area contributed by atoms with Crippen LogP contribution < -0.4 is 20.7 Å². The van der Waals surface area contributed by atoms with Gasteiger partial charge in [0.05, 0.1) is 16.8 Å². The van der Waals surface area contributed by atoms with Crippen LogP contribution in [0.25, 0.3) is 26.6 Å². The smallest absolute Gasteiger partial charge is 0.263 e. The van der Waals surface area contributed by atoms with Crippen molar-refractivity contribution >= 4 is 61.1 Å². The molecule has 4 aromatic rings. The average molecular weight is 507 g/mol. The standard InChI is InChI=1S/C25H23ClN6O2S/c1-2-14-11-28-21-20-15-3-6-19(31-17(15)4-5-18(20)35-22(21)23(33)30-14)34-24-16(12-29-25(26)32-24)13-7-9-27-10-8-13/h3-7,12,14,27-28H,2,8-11H2,1H3,(H,30,33)/t14-/m1/s1. The highest BCUT2D eigenvalue weighted by molar-refractivity contribution is 7.21. The number of fused-ring (bicyclic) bond motifs is 5. The number of carbonyl (C=O) groups is 1. The van der Waals surface area contributed by atoms with E-state index in [1.165, 1.54) is 11.3 Å². The van der Waals surface area contributed by atoms with Gasteiger partial charge >= 0.3 is 0 Å². The Labute approximate surface area is 210 Å². The molecule has 0 saturated heterocycles. The Morgan fingerprint density at radius 3 is 2.97 bits per heavy atom. The highest BCUT2D eigenvalue weighted by Crippen LogP contribution is 2.41. The van der Waals surface area contributed by atoms with Gasteiger partial charge in [-0.2, -0.15) is 4.98 Å². The Balaban J connectivity index is 1.40. The number of pyridine rings is 1. The second-order valence-electron chi connectivity index (χ2n) is 8.56. The summed E-state index contributed by atoms with van der Waals surface area (Å²) in [5, 5.41) is 12.0. The molecule has 0 aliphatic carbocycles. The van der Waals surface area contributed by atoms with Gasteiger partial charge < -0.3 is 20.7 Å². The molecule has 8 nitrogen and oxygen atoms in total. The van der Waals surface area contributed by atoms with Gasteiger partial charge in [0.1, 0.15) is 4.88 Å². The van der Waals surface area contributed by atoms with Crippen molar-refractivity contribution in [3.63, 3.8) is 0 Å². The minimum atomic E-state index is -0.0282. The number of benzene rings is 1. The number of hydrogen-bond donors (Lipinski definition) is 3. The van der Waals surface area contributed by atoms with Gasteiger partial charge in [0.25, 0.3) is 5.91 Å². The number of carbonyl (C=O) groups excluding carboxylic acids is 1. The maximum atomic E-state index is 12.8. The number of nitrogens with one attached hydrogen (secondary N) is 3. The van der Waals surface area contributed by atoms with E-state index in [1.807, 2.05) is 24.3 Å². The number of hydrogen-bond acceptors (Lipinski definition) is 8. The Kier molecular flexibility index (Phi) is 5.75. The molecule has 3 aromatic heterocycles. The van der Waals surface area contributed by atoms with E-state index < -0.39 is 0 Å². The number of nitrogens with zero attached hydrogens (tertiary/aromatic N) is 3. The molecule has 6 rings (SSSR count). The maximum Gasteiger partial charge on any atom is 0.263 e. The van der Waals surface area contributed by atoms with Crippen molar-refractivity contribution in [1.29, 1.82) is 0 Å². The molecule has 3 N–H and O–H groups in total. The van der Waals surface area contributed by atoms with Crippen LogP contribution in [-0.4, -0.2) is 46.5 Å². The predicted octanol–water partition coefficient (Wildman–Crippen LogP) is 5.00. The van der Waals surface area contributed by atoms with Crippen LogP contribution in [0.5, 0.6) is 11.8 Å². The van der Waals surface area contributed by atoms with Gasteiger partial charge in [-0.1, -0.05) is 13.0 Å². The third-order valence-corrected chi connectivity index (χ3v) is 7.73. The molecule has 0 spiro atoms. The van der Waals surface area contributed by atoms with Gasteiger partial charge in [0, 0.05) is 46.9 Å². The lowest BCUT2D eigenvalue weighted by molar-refractivity contribution is 0.0945. The molecule has 0 fully saturated rings. The summed E-state index contributed by atoms with van der Waals surface area (Å²) in [5.41, 5.74) is 3.59. The largest absolute Gasteiger partial charge is 0.420 e. The number of aromatic nitrogens is 3. The molecule has 2 aliphatic heterocycles. The number of halogens is 1. The van der Waals surface area contributed by atoms with E-state index in [2.05, 4.69) is 38.9 Å². The molecule has 0 unspecified atom stereocenters. The van der Waals surface area contributed by atoms with Crippen molar-refractivity contribution < 1.29 is 9.53 Å². The van der Waals surface area contributed by atoms with E-state index in [1.54, 1.807) is 6.20 Å². The Bertz CT molecular complexity index is 1500. The summed E-state index contributed by atoms with van der Waals surface area (Å²) in [6.07, 6.45) is 5.54. The molecule has 5 heterocycles. The first-order valence-electron chi connectivity index (χ1n) is 11.6. The zero-order chi connectivity index (χ0) is 23.9. The van der Waals surface area contributed by atoms with Gasteiger partial charge in [-0.3, -0.25) is 4.79 Å². The summed E-state index contributed by atoms with van der Waals surface area (Å²) in [6.45, 7) is 4.43. The first kappa shape index (κ1) is 22.2. The molecule has 10 heteroatoms. The van der Waals surface area contributed by atoms with Crippen LogP contribution in [0.2, 0.25) is 5.28 Å². The number of ether oxygens (including phenoxy) is 1. The van der Waals surface area contributed by atoms with Crippen molar-refractivity contribution in [3.05, 3.63) is 52.3 Å². The fourth-order valence-corrected chi connectivity index (χ4v) is 5.78. The summed E-state index contributed by atoms with van der Waals surface area (Å²) in [6, 6.07) is 7.88. The van der Waals surface area contributed by atoms with Crippen LogP contribution in [0.3, 0.4) is 0 Å². The molecule has 1 amide bonds. The predicted molar refractivity (Wildman–Crippen MR) is 140 cm³/mol. The molecule has 35 heavy (non-hydrogen) atoms. The minimum absolute atomic E-state index is 0.0282. The van der Waals surface area contributed by atoms with Crippen LogP contribution in [0, 0.1) is 0 Å². The SMILES string of the molecule is CC[C@@H]1CNc2c(sc3ccc4nc(Oc5nc(Cl)ncc5C5=CCNCC5)ccc4c23)C(=O)N1. The van der Waals surface area contributed by atoms with E-state index in [-0.39, 0.29) is 17.2 Å². The van der Waals surface area contributed by atoms with Crippen molar-refractivity contribution in [3.8, 4) is 11.8 Å². The van der Waals surface area contributed by atoms with Crippen molar-refractivity contribution in [2.75, 3.05) is 25.0 Å². The van der Waals surface area contributed by atoms with Crippen LogP contribution in [0.15, 0.2) is 36.5 Å². The molecule has 0 radical (unpaired) electrons. The number of amides is 1. The van der Waals surface area contributed by atoms with E-state index in [4.69, 9.17) is 21.3 Å². The van der Waals surface area contributed by atoms with Crippen molar-refractivity contribution in [2.24, 2.45) is 0 Å². The lowest BCUT2D eigenvalue weighted by atomic mass is 10.0. The summed E-state index contributed by atoms with van der Waals surface area (Å²) in [7, 11) is 0. The van der Waals surface area contributed by atoms with E-state index >= 15 is 0 Å². The number of anilines is 1. The Morgan fingerprint density at radius 1 is 1.23 bits per heavy atom. The lowest BCUT2D eigenvalue weighted by Gasteiger charge is -2.16. The molecule has 2 aliphatic rings. The molecular weight excluding hydrogens is 484 g/mol. The van der Waals surface area contributed by atoms with Gasteiger partial charge in [0.15, 0.2) is 0 Å². The molecular formula is C25H23ClN6O2S. The number of rotatable bonds is 4. The van der Waals surface area contributed by atoms with Crippen molar-refractivity contribution in [2.45, 2.75) is 25.8 Å². The molecule has 0 bridgehead atoms. The summed E-state index contributed by atoms with van der Waals surface area (Å²) in [5.74, 6) is 0.777. The number of thiophene rings is 1. The van der Waals surface area contributed by atoms with Crippen LogP contribution in [0.4, 0.5) is 5.69 Å². The fraction of sp³-hybridized carbons (Fsp3) is 0.280. The summed E-state index contributed by atoms with van der Waals surface area (Å²) < 4.78 is 7.18. The summed E-state index contributed by atoms with van der Waals surface area (Å²) >= 11 is 7.59. The van der Waals surface area contributed by atoms with Crippen LogP contribution in [0.1, 0.15) is 35.0 Å². The minimum Gasteiger partial charge on any atom is -0.420 e. The molecule has 178 valence electrons. The monoisotopic (exact) mass is 506 g/mol. The van der Waals surface area contributed by atoms with E-state index in [0.29, 0.717) is 23.2 Å². The average Bonchev–Trinajstić information content (AvgIpc) is 3.18. The molecule has 1 atom stereocenters. The van der Waals surface area contributed by atoms with Gasteiger partial charge in [-0.05, 0) is 54.8 Å². The Morgan fingerprint density at radius 2 is 2.14 bits per heavy atom. The third-order valence-electron chi connectivity index (χ3n) is 6.39. The molecule has 1 aromatic carbocycles. The van der Waals surface area contributed by atoms with Gasteiger partial charge in [-0.25, -0.2) is 9.97 Å². The zero-order valence-electron chi connectivity index (χ0n) is 19.0. The topological polar surface area (TPSA) is 101 Å². The first-order chi connectivity index (χ1) is 17.1. The first-order valence-corrected chi connectivity index (χ1v) is 12.8. The highest BCUT2D eigenvalue weighted by atomic mass is 35.5. The van der Waals surface area contributed by atoms with E-state index in [9.17, 15) is 4.79 Å². The quantitative estimate of drug-likeness (QED) is 0.335. The van der Waals surface area contributed by atoms with Gasteiger partial charge in [-0.15, -0.1) is 11.3 Å². The van der Waals surface area contributed by atoms with E-state index in [0.717, 1.165) is 63.7 Å². The van der Waals surface area contributed by atoms with Crippen molar-refractivity contribution in [1.82, 2.24) is 25.6 Å². The normalized spacial score (nSPS) is 17.9. The fourth-order valence-electron chi connectivity index (χ4n) is 4.55. The molecule has 0 saturated carbocycles. The highest BCUT2D eigenvalue weighted by Gasteiger charge is 2.26. The van der Waals surface area contributed by atoms with Crippen LogP contribution >= 0.6 is 22.9 Å². The second kappa shape index (κ2) is 9.07. The van der Waals surface area contributed by atoms with Crippen LogP contribution in [-0.2, 0) is 0 Å².